The molecular formula is C14H21ClN2O3. The smallest absolute Gasteiger partial charge is 0.407 e. The number of halogens is 1. The van der Waals surface area contributed by atoms with Crippen LogP contribution in [0, 0.1) is 0 Å². The molecule has 6 heteroatoms. The van der Waals surface area contributed by atoms with E-state index in [9.17, 15) is 9.90 Å². The summed E-state index contributed by atoms with van der Waals surface area (Å²) in [6.07, 6.45) is 0.0483. The van der Waals surface area contributed by atoms with E-state index in [2.05, 4.69) is 5.32 Å². The minimum Gasteiger partial charge on any atom is -0.506 e. The van der Waals surface area contributed by atoms with E-state index in [1.807, 2.05) is 0 Å². The first-order valence-electron chi connectivity index (χ1n) is 6.37. The lowest BCUT2D eigenvalue weighted by Crippen LogP contribution is -2.41. The molecule has 20 heavy (non-hydrogen) atoms. The molecule has 0 bridgehead atoms. The van der Waals surface area contributed by atoms with Gasteiger partial charge in [0, 0.05) is 12.6 Å². The van der Waals surface area contributed by atoms with E-state index >= 15 is 0 Å². The van der Waals surface area contributed by atoms with Crippen LogP contribution < -0.4 is 11.1 Å². The van der Waals surface area contributed by atoms with Gasteiger partial charge in [-0.25, -0.2) is 4.79 Å². The van der Waals surface area contributed by atoms with Crippen molar-refractivity contribution in [3.05, 3.63) is 28.8 Å². The maximum atomic E-state index is 11.5. The van der Waals surface area contributed by atoms with Crippen molar-refractivity contribution in [2.75, 3.05) is 6.54 Å². The summed E-state index contributed by atoms with van der Waals surface area (Å²) in [5.41, 5.74) is 6.30. The van der Waals surface area contributed by atoms with Gasteiger partial charge in [0.2, 0.25) is 0 Å². The molecule has 1 unspecified atom stereocenters. The van der Waals surface area contributed by atoms with Gasteiger partial charge in [0.05, 0.1) is 5.02 Å². The Labute approximate surface area is 124 Å². The zero-order valence-electron chi connectivity index (χ0n) is 11.9. The highest BCUT2D eigenvalue weighted by molar-refractivity contribution is 6.32. The van der Waals surface area contributed by atoms with Crippen LogP contribution in [0.15, 0.2) is 18.2 Å². The van der Waals surface area contributed by atoms with Gasteiger partial charge in [-0.1, -0.05) is 17.7 Å². The molecule has 0 aliphatic heterocycles. The first-order chi connectivity index (χ1) is 9.17. The fraction of sp³-hybridized carbons (Fsp3) is 0.500. The Morgan fingerprint density at radius 1 is 1.50 bits per heavy atom. The average molecular weight is 301 g/mol. The van der Waals surface area contributed by atoms with Crippen LogP contribution >= 0.6 is 11.6 Å². The molecule has 1 aromatic rings. The molecule has 4 N–H and O–H groups in total. The van der Waals surface area contributed by atoms with Crippen molar-refractivity contribution in [1.82, 2.24) is 5.32 Å². The van der Waals surface area contributed by atoms with E-state index in [0.717, 1.165) is 5.56 Å². The Morgan fingerprint density at radius 2 is 2.15 bits per heavy atom. The molecule has 0 aromatic heterocycles. The molecule has 1 rings (SSSR count). The SMILES string of the molecule is CC(C)(C)OC(=O)NCC(N)Cc1ccc(O)c(Cl)c1. The molecule has 0 saturated carbocycles. The van der Waals surface area contributed by atoms with Gasteiger partial charge in [-0.3, -0.25) is 0 Å². The Hall–Kier alpha value is -1.46. The maximum Gasteiger partial charge on any atom is 0.407 e. The third-order valence-corrected chi connectivity index (χ3v) is 2.72. The second-order valence-corrected chi connectivity index (χ2v) is 6.04. The van der Waals surface area contributed by atoms with Crippen LogP contribution in [0.4, 0.5) is 4.79 Å². The third kappa shape index (κ3) is 6.12. The largest absolute Gasteiger partial charge is 0.506 e. The van der Waals surface area contributed by atoms with E-state index < -0.39 is 11.7 Å². The number of ether oxygens (including phenoxy) is 1. The molecule has 1 amide bonds. The lowest BCUT2D eigenvalue weighted by Gasteiger charge is -2.20. The number of carbonyl (C=O) groups is 1. The van der Waals surface area contributed by atoms with Gasteiger partial charge < -0.3 is 20.9 Å². The molecule has 112 valence electrons. The summed E-state index contributed by atoms with van der Waals surface area (Å²) in [7, 11) is 0. The summed E-state index contributed by atoms with van der Waals surface area (Å²) in [6.45, 7) is 5.69. The number of benzene rings is 1. The molecule has 1 aromatic carbocycles. The monoisotopic (exact) mass is 300 g/mol. The van der Waals surface area contributed by atoms with Gasteiger partial charge in [0.25, 0.3) is 0 Å². The highest BCUT2D eigenvalue weighted by Gasteiger charge is 2.16. The number of nitrogens with one attached hydrogen (secondary N) is 1. The van der Waals surface area contributed by atoms with Crippen LogP contribution in [0.3, 0.4) is 0 Å². The lowest BCUT2D eigenvalue weighted by molar-refractivity contribution is 0.0524. The van der Waals surface area contributed by atoms with Crippen molar-refractivity contribution >= 4 is 17.7 Å². The summed E-state index contributed by atoms with van der Waals surface area (Å²) < 4.78 is 5.11. The number of hydrogen-bond donors (Lipinski definition) is 3. The van der Waals surface area contributed by atoms with Gasteiger partial charge in [0.1, 0.15) is 11.4 Å². The summed E-state index contributed by atoms with van der Waals surface area (Å²) in [5, 5.41) is 12.2. The van der Waals surface area contributed by atoms with Gasteiger partial charge in [-0.2, -0.15) is 0 Å². The van der Waals surface area contributed by atoms with E-state index in [1.54, 1.807) is 32.9 Å². The van der Waals surface area contributed by atoms with E-state index in [4.69, 9.17) is 22.1 Å². The average Bonchev–Trinajstić information content (AvgIpc) is 2.29. The molecule has 0 radical (unpaired) electrons. The normalized spacial score (nSPS) is 12.8. The summed E-state index contributed by atoms with van der Waals surface area (Å²) >= 11 is 5.82. The summed E-state index contributed by atoms with van der Waals surface area (Å²) in [5.74, 6) is 0.0378. The van der Waals surface area contributed by atoms with Crippen molar-refractivity contribution in [1.29, 1.82) is 0 Å². The molecule has 0 aliphatic carbocycles. The van der Waals surface area contributed by atoms with Crippen molar-refractivity contribution < 1.29 is 14.6 Å². The Bertz CT molecular complexity index is 472. The van der Waals surface area contributed by atoms with Crippen molar-refractivity contribution in [2.45, 2.75) is 38.8 Å². The first kappa shape index (κ1) is 16.6. The van der Waals surface area contributed by atoms with Gasteiger partial charge in [-0.15, -0.1) is 0 Å². The Balaban J connectivity index is 2.42. The van der Waals surface area contributed by atoms with E-state index in [-0.39, 0.29) is 16.8 Å². The lowest BCUT2D eigenvalue weighted by atomic mass is 10.1. The number of carbonyl (C=O) groups excluding carboxylic acids is 1. The molecule has 1 atom stereocenters. The summed E-state index contributed by atoms with van der Waals surface area (Å²) in [6, 6.07) is 4.66. The topological polar surface area (TPSA) is 84.6 Å². The van der Waals surface area contributed by atoms with Crippen LogP contribution in [-0.2, 0) is 11.2 Å². The highest BCUT2D eigenvalue weighted by Crippen LogP contribution is 2.23. The van der Waals surface area contributed by atoms with Crippen molar-refractivity contribution in [2.24, 2.45) is 5.73 Å². The summed E-state index contributed by atoms with van der Waals surface area (Å²) in [4.78, 5) is 11.5. The van der Waals surface area contributed by atoms with Crippen LogP contribution in [-0.4, -0.2) is 29.4 Å². The number of hydrogen-bond acceptors (Lipinski definition) is 4. The molecule has 0 fully saturated rings. The number of phenols is 1. The third-order valence-electron chi connectivity index (χ3n) is 2.42. The van der Waals surface area contributed by atoms with E-state index in [1.165, 1.54) is 6.07 Å². The van der Waals surface area contributed by atoms with Gasteiger partial charge in [0.15, 0.2) is 0 Å². The molecular weight excluding hydrogens is 280 g/mol. The molecule has 0 heterocycles. The molecule has 5 nitrogen and oxygen atoms in total. The Kier molecular flexibility index (Phi) is 5.65. The number of nitrogens with two attached hydrogens (primary N) is 1. The fourth-order valence-electron chi connectivity index (χ4n) is 1.58. The number of amides is 1. The molecule has 0 aliphatic rings. The number of alkyl carbamates (subject to hydrolysis) is 1. The second-order valence-electron chi connectivity index (χ2n) is 5.63. The van der Waals surface area contributed by atoms with Crippen LogP contribution in [0.2, 0.25) is 5.02 Å². The van der Waals surface area contributed by atoms with E-state index in [0.29, 0.717) is 13.0 Å². The molecule has 0 spiro atoms. The maximum absolute atomic E-state index is 11.5. The van der Waals surface area contributed by atoms with Crippen LogP contribution in [0.25, 0.3) is 0 Å². The number of rotatable bonds is 4. The molecule has 0 saturated heterocycles. The zero-order chi connectivity index (χ0) is 15.3. The number of phenolic OH excluding ortho intramolecular Hbond substituents is 1. The standard InChI is InChI=1S/C14H21ClN2O3/c1-14(2,3)20-13(19)17-8-10(16)6-9-4-5-12(18)11(15)7-9/h4-5,7,10,18H,6,8,16H2,1-3H3,(H,17,19). The zero-order valence-corrected chi connectivity index (χ0v) is 12.7. The fourth-order valence-corrected chi connectivity index (χ4v) is 1.78. The predicted molar refractivity (Wildman–Crippen MR) is 79.0 cm³/mol. The van der Waals surface area contributed by atoms with Crippen molar-refractivity contribution in [3.63, 3.8) is 0 Å². The number of aromatic hydroxyl groups is 1. The minimum atomic E-state index is -0.529. The quantitative estimate of drug-likeness (QED) is 0.797. The van der Waals surface area contributed by atoms with Gasteiger partial charge in [-0.05, 0) is 44.9 Å². The minimum absolute atomic E-state index is 0.0378. The van der Waals surface area contributed by atoms with Crippen molar-refractivity contribution in [3.8, 4) is 5.75 Å². The Morgan fingerprint density at radius 3 is 2.70 bits per heavy atom. The van der Waals surface area contributed by atoms with Gasteiger partial charge >= 0.3 is 6.09 Å². The second kappa shape index (κ2) is 6.81. The predicted octanol–water partition coefficient (Wildman–Crippen LogP) is 2.44. The van der Waals surface area contributed by atoms with Crippen LogP contribution in [0.1, 0.15) is 26.3 Å². The highest BCUT2D eigenvalue weighted by atomic mass is 35.5. The first-order valence-corrected chi connectivity index (χ1v) is 6.75. The van der Waals surface area contributed by atoms with Crippen LogP contribution in [0.5, 0.6) is 5.75 Å².